The fourth-order valence-corrected chi connectivity index (χ4v) is 2.48. The number of hydrogen-bond acceptors (Lipinski definition) is 3. The van der Waals surface area contributed by atoms with Crippen LogP contribution in [0.4, 0.5) is 0 Å². The van der Waals surface area contributed by atoms with Crippen LogP contribution in [0.25, 0.3) is 0 Å². The van der Waals surface area contributed by atoms with Gasteiger partial charge in [0.05, 0.1) is 0 Å². The van der Waals surface area contributed by atoms with Gasteiger partial charge in [0.15, 0.2) is 0 Å². The van der Waals surface area contributed by atoms with Gasteiger partial charge in [0.1, 0.15) is 0 Å². The highest BCUT2D eigenvalue weighted by atomic mass is 15.2. The van der Waals surface area contributed by atoms with Crippen LogP contribution in [0.1, 0.15) is 47.5 Å². The summed E-state index contributed by atoms with van der Waals surface area (Å²) in [6, 6.07) is 0.701. The molecule has 3 heteroatoms. The van der Waals surface area contributed by atoms with E-state index in [1.54, 1.807) is 0 Å². The molecule has 0 aromatic rings. The second-order valence-corrected chi connectivity index (χ2v) is 4.88. The third kappa shape index (κ3) is 7.34. The quantitative estimate of drug-likeness (QED) is 0.579. The molecule has 0 fully saturated rings. The van der Waals surface area contributed by atoms with Crippen molar-refractivity contribution in [2.24, 2.45) is 0 Å². The van der Waals surface area contributed by atoms with E-state index >= 15 is 0 Å². The molecule has 0 saturated heterocycles. The van der Waals surface area contributed by atoms with Gasteiger partial charge in [-0.3, -0.25) is 4.90 Å². The minimum Gasteiger partial charge on any atom is -0.315 e. The topological polar surface area (TPSA) is 18.5 Å². The van der Waals surface area contributed by atoms with E-state index in [9.17, 15) is 0 Å². The van der Waals surface area contributed by atoms with Gasteiger partial charge in [0.25, 0.3) is 0 Å². The summed E-state index contributed by atoms with van der Waals surface area (Å²) in [7, 11) is 0. The van der Waals surface area contributed by atoms with E-state index in [-0.39, 0.29) is 0 Å². The lowest BCUT2D eigenvalue weighted by Gasteiger charge is -2.31. The molecule has 1 atom stereocenters. The number of likely N-dealkylation sites (N-methyl/N-ethyl adjacent to an activating group) is 2. The predicted molar refractivity (Wildman–Crippen MR) is 82.3 cm³/mol. The zero-order valence-corrected chi connectivity index (χ0v) is 13.3. The van der Waals surface area contributed by atoms with Crippen molar-refractivity contribution < 1.29 is 0 Å². The van der Waals surface area contributed by atoms with E-state index in [0.717, 1.165) is 13.1 Å². The highest BCUT2D eigenvalue weighted by Gasteiger charge is 2.14. The molecule has 1 N–H and O–H groups in total. The summed E-state index contributed by atoms with van der Waals surface area (Å²) in [6.07, 6.45) is 2.53. The molecule has 0 aromatic heterocycles. The smallest absolute Gasteiger partial charge is 0.0217 e. The first-order chi connectivity index (χ1) is 8.73. The van der Waals surface area contributed by atoms with Crippen molar-refractivity contribution in [1.29, 1.82) is 0 Å². The molecule has 0 radical (unpaired) electrons. The first-order valence-electron chi connectivity index (χ1n) is 7.90. The lowest BCUT2D eigenvalue weighted by atomic mass is 10.1. The van der Waals surface area contributed by atoms with Gasteiger partial charge in [0.2, 0.25) is 0 Å². The van der Waals surface area contributed by atoms with Gasteiger partial charge in [-0.15, -0.1) is 0 Å². The third-order valence-electron chi connectivity index (χ3n) is 3.84. The fraction of sp³-hybridized carbons (Fsp3) is 1.00. The van der Waals surface area contributed by atoms with Gasteiger partial charge in [-0.25, -0.2) is 0 Å². The first kappa shape index (κ1) is 17.9. The average Bonchev–Trinajstić information content (AvgIpc) is 2.41. The normalized spacial score (nSPS) is 13.5. The van der Waals surface area contributed by atoms with E-state index in [1.807, 2.05) is 0 Å². The number of nitrogens with one attached hydrogen (secondary N) is 1. The molecule has 0 aliphatic heterocycles. The number of rotatable bonds is 12. The van der Waals surface area contributed by atoms with E-state index in [1.165, 1.54) is 45.6 Å². The molecule has 0 aliphatic carbocycles. The summed E-state index contributed by atoms with van der Waals surface area (Å²) in [5.41, 5.74) is 0. The van der Waals surface area contributed by atoms with Crippen molar-refractivity contribution in [1.82, 2.24) is 15.1 Å². The summed E-state index contributed by atoms with van der Waals surface area (Å²) in [6.45, 7) is 19.5. The Morgan fingerprint density at radius 2 is 1.56 bits per heavy atom. The zero-order valence-electron chi connectivity index (χ0n) is 13.3. The van der Waals surface area contributed by atoms with E-state index in [0.29, 0.717) is 6.04 Å². The molecule has 0 amide bonds. The van der Waals surface area contributed by atoms with Crippen molar-refractivity contribution >= 4 is 0 Å². The summed E-state index contributed by atoms with van der Waals surface area (Å²) in [4.78, 5) is 5.14. The van der Waals surface area contributed by atoms with Gasteiger partial charge >= 0.3 is 0 Å². The van der Waals surface area contributed by atoms with Gasteiger partial charge in [-0.05, 0) is 52.1 Å². The second-order valence-electron chi connectivity index (χ2n) is 4.88. The molecule has 0 spiro atoms. The van der Waals surface area contributed by atoms with Gasteiger partial charge < -0.3 is 10.2 Å². The molecule has 0 aliphatic rings. The molecule has 0 aromatic carbocycles. The standard InChI is InChI=1S/C15H35N3/c1-6-15(14-16-7-2)18(10-5)13-11-12-17(8-3)9-4/h15-16H,6-14H2,1-5H3. The van der Waals surface area contributed by atoms with Crippen LogP contribution in [0.15, 0.2) is 0 Å². The fourth-order valence-electron chi connectivity index (χ4n) is 2.48. The molecular formula is C15H35N3. The highest BCUT2D eigenvalue weighted by molar-refractivity contribution is 4.72. The van der Waals surface area contributed by atoms with Crippen molar-refractivity contribution in [2.45, 2.75) is 53.5 Å². The van der Waals surface area contributed by atoms with Gasteiger partial charge in [-0.1, -0.05) is 34.6 Å². The molecule has 110 valence electrons. The summed E-state index contributed by atoms with van der Waals surface area (Å²) >= 11 is 0. The Bertz CT molecular complexity index is 169. The molecular weight excluding hydrogens is 222 g/mol. The second kappa shape index (κ2) is 11.9. The highest BCUT2D eigenvalue weighted by Crippen LogP contribution is 2.05. The zero-order chi connectivity index (χ0) is 13.8. The molecule has 18 heavy (non-hydrogen) atoms. The predicted octanol–water partition coefficient (Wildman–Crippen LogP) is 2.43. The maximum Gasteiger partial charge on any atom is 0.0217 e. The maximum atomic E-state index is 3.48. The Balaban J connectivity index is 3.99. The van der Waals surface area contributed by atoms with Crippen LogP contribution >= 0.6 is 0 Å². The Labute approximate surface area is 115 Å². The maximum absolute atomic E-state index is 3.48. The molecule has 0 heterocycles. The largest absolute Gasteiger partial charge is 0.315 e. The van der Waals surface area contributed by atoms with Crippen LogP contribution in [-0.4, -0.2) is 61.7 Å². The SMILES string of the molecule is CCNCC(CC)N(CC)CCCN(CC)CC. The molecule has 3 nitrogen and oxygen atoms in total. The lowest BCUT2D eigenvalue weighted by molar-refractivity contribution is 0.181. The van der Waals surface area contributed by atoms with E-state index in [4.69, 9.17) is 0 Å². The third-order valence-corrected chi connectivity index (χ3v) is 3.84. The average molecular weight is 257 g/mol. The number of hydrogen-bond donors (Lipinski definition) is 1. The molecule has 0 bridgehead atoms. The first-order valence-corrected chi connectivity index (χ1v) is 7.90. The van der Waals surface area contributed by atoms with Crippen LogP contribution in [0, 0.1) is 0 Å². The molecule has 1 unspecified atom stereocenters. The van der Waals surface area contributed by atoms with Crippen molar-refractivity contribution in [3.63, 3.8) is 0 Å². The van der Waals surface area contributed by atoms with Crippen molar-refractivity contribution in [2.75, 3.05) is 45.8 Å². The minimum atomic E-state index is 0.701. The Morgan fingerprint density at radius 3 is 2.00 bits per heavy atom. The van der Waals surface area contributed by atoms with Gasteiger partial charge in [0, 0.05) is 12.6 Å². The Kier molecular flexibility index (Phi) is 11.9. The van der Waals surface area contributed by atoms with Crippen LogP contribution in [0.5, 0.6) is 0 Å². The summed E-state index contributed by atoms with van der Waals surface area (Å²) in [5, 5.41) is 3.48. The van der Waals surface area contributed by atoms with Crippen LogP contribution in [0.2, 0.25) is 0 Å². The van der Waals surface area contributed by atoms with E-state index in [2.05, 4.69) is 49.7 Å². The lowest BCUT2D eigenvalue weighted by Crippen LogP contribution is -2.43. The monoisotopic (exact) mass is 257 g/mol. The summed E-state index contributed by atoms with van der Waals surface area (Å²) in [5.74, 6) is 0. The number of nitrogens with zero attached hydrogens (tertiary/aromatic N) is 2. The van der Waals surface area contributed by atoms with Crippen molar-refractivity contribution in [3.05, 3.63) is 0 Å². The Morgan fingerprint density at radius 1 is 0.889 bits per heavy atom. The van der Waals surface area contributed by atoms with E-state index < -0.39 is 0 Å². The summed E-state index contributed by atoms with van der Waals surface area (Å²) < 4.78 is 0. The van der Waals surface area contributed by atoms with Crippen LogP contribution in [-0.2, 0) is 0 Å². The van der Waals surface area contributed by atoms with Crippen LogP contribution < -0.4 is 5.32 Å². The molecule has 0 saturated carbocycles. The Hall–Kier alpha value is -0.120. The van der Waals surface area contributed by atoms with Crippen molar-refractivity contribution in [3.8, 4) is 0 Å². The van der Waals surface area contributed by atoms with Gasteiger partial charge in [-0.2, -0.15) is 0 Å². The molecule has 0 rings (SSSR count). The van der Waals surface area contributed by atoms with Crippen LogP contribution in [0.3, 0.4) is 0 Å². The minimum absolute atomic E-state index is 0.701.